The van der Waals surface area contributed by atoms with Gasteiger partial charge in [-0.1, -0.05) is 44.2 Å². The van der Waals surface area contributed by atoms with E-state index in [1.54, 1.807) is 0 Å². The molecular formula is C21H32N2O2. The summed E-state index contributed by atoms with van der Waals surface area (Å²) < 4.78 is 0. The van der Waals surface area contributed by atoms with Gasteiger partial charge in [0.05, 0.1) is 0 Å². The molecule has 4 nitrogen and oxygen atoms in total. The highest BCUT2D eigenvalue weighted by molar-refractivity contribution is 5.81. The summed E-state index contributed by atoms with van der Waals surface area (Å²) in [5, 5.41) is 3.03. The highest BCUT2D eigenvalue weighted by Gasteiger charge is 2.31. The molecule has 1 aliphatic rings. The molecule has 1 fully saturated rings. The van der Waals surface area contributed by atoms with E-state index in [9.17, 15) is 9.59 Å². The van der Waals surface area contributed by atoms with Crippen LogP contribution in [-0.2, 0) is 16.1 Å². The van der Waals surface area contributed by atoms with Gasteiger partial charge in [-0.05, 0) is 44.1 Å². The summed E-state index contributed by atoms with van der Waals surface area (Å²) in [5.74, 6) is 1.02. The summed E-state index contributed by atoms with van der Waals surface area (Å²) in [6.45, 7) is 8.36. The minimum absolute atomic E-state index is 0.0674. The molecule has 1 aromatic carbocycles. The van der Waals surface area contributed by atoms with Crippen molar-refractivity contribution in [3.05, 3.63) is 35.9 Å². The lowest BCUT2D eigenvalue weighted by molar-refractivity contribution is -0.138. The van der Waals surface area contributed by atoms with Crippen LogP contribution in [0, 0.1) is 17.8 Å². The summed E-state index contributed by atoms with van der Waals surface area (Å²) in [5.41, 5.74) is 1.17. The lowest BCUT2D eigenvalue weighted by atomic mass is 9.80. The first kappa shape index (κ1) is 19.5. The molecular weight excluding hydrogens is 312 g/mol. The molecule has 0 atom stereocenters. The number of carbonyl (C=O) groups excluding carboxylic acids is 2. The van der Waals surface area contributed by atoms with E-state index in [1.807, 2.05) is 30.0 Å². The third kappa shape index (κ3) is 5.87. The predicted molar refractivity (Wildman–Crippen MR) is 101 cm³/mol. The van der Waals surface area contributed by atoms with E-state index >= 15 is 0 Å². The number of benzene rings is 1. The zero-order valence-electron chi connectivity index (χ0n) is 15.8. The van der Waals surface area contributed by atoms with Gasteiger partial charge in [0.2, 0.25) is 11.8 Å². The highest BCUT2D eigenvalue weighted by atomic mass is 16.2. The summed E-state index contributed by atoms with van der Waals surface area (Å²) in [7, 11) is 0. The molecule has 0 radical (unpaired) electrons. The SMILES string of the molecule is CCN(Cc1ccccc1)C(=O)C1CCC(C(=O)NCC(C)C)CC1. The molecule has 0 spiro atoms. The molecule has 1 N–H and O–H groups in total. The lowest BCUT2D eigenvalue weighted by Crippen LogP contribution is -2.40. The van der Waals surface area contributed by atoms with Gasteiger partial charge in [-0.15, -0.1) is 0 Å². The van der Waals surface area contributed by atoms with Crippen molar-refractivity contribution >= 4 is 11.8 Å². The van der Waals surface area contributed by atoms with Gasteiger partial charge >= 0.3 is 0 Å². The molecule has 25 heavy (non-hydrogen) atoms. The molecule has 0 heterocycles. The number of nitrogens with one attached hydrogen (secondary N) is 1. The summed E-state index contributed by atoms with van der Waals surface area (Å²) >= 11 is 0. The number of nitrogens with zero attached hydrogens (tertiary/aromatic N) is 1. The molecule has 2 rings (SSSR count). The van der Waals surface area contributed by atoms with Crippen LogP contribution in [0.5, 0.6) is 0 Å². The smallest absolute Gasteiger partial charge is 0.225 e. The predicted octanol–water partition coefficient (Wildman–Crippen LogP) is 3.61. The maximum Gasteiger partial charge on any atom is 0.225 e. The minimum Gasteiger partial charge on any atom is -0.356 e. The van der Waals surface area contributed by atoms with Gasteiger partial charge in [0.15, 0.2) is 0 Å². The Bertz CT molecular complexity index is 548. The van der Waals surface area contributed by atoms with Gasteiger partial charge in [-0.3, -0.25) is 9.59 Å². The van der Waals surface area contributed by atoms with Crippen LogP contribution >= 0.6 is 0 Å². The molecule has 1 aromatic rings. The fourth-order valence-corrected chi connectivity index (χ4v) is 3.46. The third-order valence-electron chi connectivity index (χ3n) is 5.04. The van der Waals surface area contributed by atoms with Crippen LogP contribution < -0.4 is 5.32 Å². The Kier molecular flexibility index (Phi) is 7.48. The van der Waals surface area contributed by atoms with E-state index in [-0.39, 0.29) is 23.7 Å². The van der Waals surface area contributed by atoms with Crippen molar-refractivity contribution in [1.29, 1.82) is 0 Å². The number of carbonyl (C=O) groups is 2. The van der Waals surface area contributed by atoms with Gasteiger partial charge in [-0.25, -0.2) is 0 Å². The Balaban J connectivity index is 1.84. The van der Waals surface area contributed by atoms with Crippen molar-refractivity contribution in [2.24, 2.45) is 17.8 Å². The molecule has 1 aliphatic carbocycles. The van der Waals surface area contributed by atoms with Crippen molar-refractivity contribution in [3.63, 3.8) is 0 Å². The Morgan fingerprint density at radius 3 is 2.24 bits per heavy atom. The van der Waals surface area contributed by atoms with Crippen LogP contribution in [0.3, 0.4) is 0 Å². The Morgan fingerprint density at radius 2 is 1.68 bits per heavy atom. The molecule has 0 aliphatic heterocycles. The molecule has 2 amide bonds. The summed E-state index contributed by atoms with van der Waals surface area (Å²) in [6, 6.07) is 10.1. The van der Waals surface area contributed by atoms with Gasteiger partial charge < -0.3 is 10.2 Å². The average molecular weight is 344 g/mol. The molecule has 1 saturated carbocycles. The summed E-state index contributed by atoms with van der Waals surface area (Å²) in [6.07, 6.45) is 3.29. The fraction of sp³-hybridized carbons (Fsp3) is 0.619. The van der Waals surface area contributed by atoms with Gasteiger partial charge in [-0.2, -0.15) is 0 Å². The Labute approximate surface area is 152 Å². The average Bonchev–Trinajstić information content (AvgIpc) is 2.64. The number of hydrogen-bond donors (Lipinski definition) is 1. The van der Waals surface area contributed by atoms with E-state index < -0.39 is 0 Å². The Hall–Kier alpha value is -1.84. The van der Waals surface area contributed by atoms with E-state index in [0.29, 0.717) is 12.5 Å². The van der Waals surface area contributed by atoms with Crippen LogP contribution in [0.1, 0.15) is 52.0 Å². The molecule has 0 aromatic heterocycles. The zero-order valence-corrected chi connectivity index (χ0v) is 15.8. The number of rotatable bonds is 7. The minimum atomic E-state index is 0.0674. The normalized spacial score (nSPS) is 20.3. The van der Waals surface area contributed by atoms with Crippen LogP contribution in [0.2, 0.25) is 0 Å². The highest BCUT2D eigenvalue weighted by Crippen LogP contribution is 2.30. The van der Waals surface area contributed by atoms with Crippen molar-refractivity contribution in [2.75, 3.05) is 13.1 Å². The maximum atomic E-state index is 12.9. The van der Waals surface area contributed by atoms with Crippen molar-refractivity contribution in [2.45, 2.75) is 53.0 Å². The standard InChI is InChI=1S/C21H32N2O2/c1-4-23(15-17-8-6-5-7-9-17)21(25)19-12-10-18(11-13-19)20(24)22-14-16(2)3/h5-9,16,18-19H,4,10-15H2,1-3H3,(H,22,24). The fourth-order valence-electron chi connectivity index (χ4n) is 3.46. The quantitative estimate of drug-likeness (QED) is 0.821. The van der Waals surface area contributed by atoms with E-state index in [1.165, 1.54) is 5.56 Å². The Morgan fingerprint density at radius 1 is 1.08 bits per heavy atom. The molecule has 0 bridgehead atoms. The van der Waals surface area contributed by atoms with Gasteiger partial charge in [0.25, 0.3) is 0 Å². The first-order chi connectivity index (χ1) is 12.0. The van der Waals surface area contributed by atoms with Crippen molar-refractivity contribution < 1.29 is 9.59 Å². The van der Waals surface area contributed by atoms with E-state index in [4.69, 9.17) is 0 Å². The first-order valence-electron chi connectivity index (χ1n) is 9.61. The van der Waals surface area contributed by atoms with Crippen molar-refractivity contribution in [3.8, 4) is 0 Å². The first-order valence-corrected chi connectivity index (χ1v) is 9.61. The second-order valence-corrected chi connectivity index (χ2v) is 7.53. The summed E-state index contributed by atoms with van der Waals surface area (Å²) in [4.78, 5) is 27.0. The second kappa shape index (κ2) is 9.59. The topological polar surface area (TPSA) is 49.4 Å². The van der Waals surface area contributed by atoms with Crippen LogP contribution in [0.15, 0.2) is 30.3 Å². The third-order valence-corrected chi connectivity index (χ3v) is 5.04. The monoisotopic (exact) mass is 344 g/mol. The maximum absolute atomic E-state index is 12.9. The van der Waals surface area contributed by atoms with Crippen LogP contribution in [0.25, 0.3) is 0 Å². The largest absolute Gasteiger partial charge is 0.356 e. The number of amides is 2. The molecule has 0 unspecified atom stereocenters. The zero-order chi connectivity index (χ0) is 18.2. The molecule has 4 heteroatoms. The molecule has 138 valence electrons. The van der Waals surface area contributed by atoms with Crippen LogP contribution in [0.4, 0.5) is 0 Å². The number of hydrogen-bond acceptors (Lipinski definition) is 2. The second-order valence-electron chi connectivity index (χ2n) is 7.53. The van der Waals surface area contributed by atoms with Gasteiger partial charge in [0, 0.05) is 31.5 Å². The van der Waals surface area contributed by atoms with E-state index in [0.717, 1.165) is 38.8 Å². The van der Waals surface area contributed by atoms with Gasteiger partial charge in [0.1, 0.15) is 0 Å². The lowest BCUT2D eigenvalue weighted by Gasteiger charge is -2.31. The van der Waals surface area contributed by atoms with Crippen molar-refractivity contribution in [1.82, 2.24) is 10.2 Å². The van der Waals surface area contributed by atoms with E-state index in [2.05, 4.69) is 31.3 Å². The van der Waals surface area contributed by atoms with Crippen LogP contribution in [-0.4, -0.2) is 29.8 Å². The molecule has 0 saturated heterocycles.